The predicted octanol–water partition coefficient (Wildman–Crippen LogP) is 1.49. The van der Waals surface area contributed by atoms with Crippen LogP contribution >= 0.6 is 0 Å². The van der Waals surface area contributed by atoms with Crippen molar-refractivity contribution >= 4 is 17.7 Å². The van der Waals surface area contributed by atoms with E-state index in [9.17, 15) is 14.4 Å². The van der Waals surface area contributed by atoms with Gasteiger partial charge in [0.25, 0.3) is 0 Å². The Bertz CT molecular complexity index is 443. The van der Waals surface area contributed by atoms with Gasteiger partial charge in [-0.25, -0.2) is 0 Å². The molecule has 0 N–H and O–H groups in total. The molecular weight excluding hydrogens is 260 g/mol. The minimum atomic E-state index is -0.974. The third-order valence-electron chi connectivity index (χ3n) is 3.34. The van der Waals surface area contributed by atoms with Gasteiger partial charge in [-0.2, -0.15) is 0 Å². The highest BCUT2D eigenvalue weighted by molar-refractivity contribution is 5.94. The molecule has 1 fully saturated rings. The van der Waals surface area contributed by atoms with Crippen LogP contribution in [0.2, 0.25) is 0 Å². The van der Waals surface area contributed by atoms with E-state index in [-0.39, 0.29) is 11.7 Å². The molecule has 110 valence electrons. The highest BCUT2D eigenvalue weighted by Crippen LogP contribution is 2.28. The van der Waals surface area contributed by atoms with Crippen molar-refractivity contribution < 1.29 is 23.9 Å². The Kier molecular flexibility index (Phi) is 6.23. The molecule has 1 rings (SSSR count). The Morgan fingerprint density at radius 2 is 2.05 bits per heavy atom. The maximum atomic E-state index is 11.8. The van der Waals surface area contributed by atoms with Crippen LogP contribution in [0.25, 0.3) is 0 Å². The van der Waals surface area contributed by atoms with Crippen molar-refractivity contribution in [2.75, 3.05) is 7.11 Å². The van der Waals surface area contributed by atoms with Gasteiger partial charge in [0.15, 0.2) is 5.92 Å². The SMILES string of the molecule is CCC#CCC1C(=O)CCC1OC(=O)C(C)C(=O)OC. The van der Waals surface area contributed by atoms with E-state index in [4.69, 9.17) is 4.74 Å². The molecule has 0 heterocycles. The third-order valence-corrected chi connectivity index (χ3v) is 3.34. The number of methoxy groups -OCH3 is 1. The van der Waals surface area contributed by atoms with E-state index in [1.807, 2.05) is 6.92 Å². The van der Waals surface area contributed by atoms with E-state index < -0.39 is 24.0 Å². The third kappa shape index (κ3) is 4.09. The molecule has 1 aliphatic rings. The molecule has 1 aliphatic carbocycles. The highest BCUT2D eigenvalue weighted by atomic mass is 16.6. The first-order chi connectivity index (χ1) is 9.51. The molecular formula is C15H20O5. The van der Waals surface area contributed by atoms with Crippen molar-refractivity contribution in [1.29, 1.82) is 0 Å². The van der Waals surface area contributed by atoms with Gasteiger partial charge in [0, 0.05) is 19.3 Å². The summed E-state index contributed by atoms with van der Waals surface area (Å²) in [6.07, 6.45) is 1.54. The normalized spacial score (nSPS) is 22.6. The molecule has 0 aliphatic heterocycles. The lowest BCUT2D eigenvalue weighted by Gasteiger charge is -2.19. The van der Waals surface area contributed by atoms with Gasteiger partial charge in [0.1, 0.15) is 11.9 Å². The average molecular weight is 280 g/mol. The highest BCUT2D eigenvalue weighted by Gasteiger charge is 2.38. The zero-order valence-corrected chi connectivity index (χ0v) is 12.1. The first kappa shape index (κ1) is 16.2. The molecule has 3 atom stereocenters. The van der Waals surface area contributed by atoms with Crippen molar-refractivity contribution in [1.82, 2.24) is 0 Å². The van der Waals surface area contributed by atoms with Gasteiger partial charge in [-0.3, -0.25) is 14.4 Å². The van der Waals surface area contributed by atoms with Gasteiger partial charge in [-0.05, 0) is 13.3 Å². The Labute approximate surface area is 119 Å². The van der Waals surface area contributed by atoms with Crippen LogP contribution in [0.1, 0.15) is 39.5 Å². The second-order valence-corrected chi connectivity index (χ2v) is 4.74. The number of ketones is 1. The number of hydrogen-bond donors (Lipinski definition) is 0. The first-order valence-corrected chi connectivity index (χ1v) is 6.78. The van der Waals surface area contributed by atoms with E-state index in [0.29, 0.717) is 19.3 Å². The molecule has 0 radical (unpaired) electrons. The van der Waals surface area contributed by atoms with Crippen molar-refractivity contribution in [3.05, 3.63) is 0 Å². The Hall–Kier alpha value is -1.83. The quantitative estimate of drug-likeness (QED) is 0.443. The van der Waals surface area contributed by atoms with E-state index in [1.165, 1.54) is 14.0 Å². The van der Waals surface area contributed by atoms with E-state index in [1.54, 1.807) is 0 Å². The van der Waals surface area contributed by atoms with Gasteiger partial charge in [0.2, 0.25) is 0 Å². The second kappa shape index (κ2) is 7.68. The van der Waals surface area contributed by atoms with Crippen molar-refractivity contribution in [2.45, 2.75) is 45.6 Å². The maximum Gasteiger partial charge on any atom is 0.320 e. The van der Waals surface area contributed by atoms with Crippen LogP contribution in [0.5, 0.6) is 0 Å². The Morgan fingerprint density at radius 3 is 2.65 bits per heavy atom. The molecule has 3 unspecified atom stereocenters. The summed E-state index contributed by atoms with van der Waals surface area (Å²) >= 11 is 0. The summed E-state index contributed by atoms with van der Waals surface area (Å²) in [5.74, 6) is 3.26. The van der Waals surface area contributed by atoms with Gasteiger partial charge in [-0.1, -0.05) is 6.92 Å². The van der Waals surface area contributed by atoms with Crippen molar-refractivity contribution in [2.24, 2.45) is 11.8 Å². The van der Waals surface area contributed by atoms with Gasteiger partial charge in [0.05, 0.1) is 13.0 Å². The first-order valence-electron chi connectivity index (χ1n) is 6.78. The smallest absolute Gasteiger partial charge is 0.320 e. The number of ether oxygens (including phenoxy) is 2. The number of Topliss-reactive ketones (excluding diaryl/α,β-unsaturated/α-hetero) is 1. The summed E-state index contributed by atoms with van der Waals surface area (Å²) in [4.78, 5) is 34.9. The summed E-state index contributed by atoms with van der Waals surface area (Å²) < 4.78 is 9.78. The van der Waals surface area contributed by atoms with Crippen LogP contribution in [-0.2, 0) is 23.9 Å². The fourth-order valence-electron chi connectivity index (χ4n) is 2.10. The van der Waals surface area contributed by atoms with Gasteiger partial charge >= 0.3 is 11.9 Å². The molecule has 0 amide bonds. The maximum absolute atomic E-state index is 11.8. The fraction of sp³-hybridized carbons (Fsp3) is 0.667. The van der Waals surface area contributed by atoms with Crippen LogP contribution in [0, 0.1) is 23.7 Å². The van der Waals surface area contributed by atoms with Crippen LogP contribution in [0.4, 0.5) is 0 Å². The number of hydrogen-bond acceptors (Lipinski definition) is 5. The van der Waals surface area contributed by atoms with Crippen molar-refractivity contribution in [3.8, 4) is 11.8 Å². The summed E-state index contributed by atoms with van der Waals surface area (Å²) in [7, 11) is 1.22. The lowest BCUT2D eigenvalue weighted by Crippen LogP contribution is -2.31. The standard InChI is InChI=1S/C15H20O5/c1-4-5-6-7-11-12(16)8-9-13(11)20-15(18)10(2)14(17)19-3/h10-11,13H,4,7-9H2,1-3H3. The fourth-order valence-corrected chi connectivity index (χ4v) is 2.10. The molecule has 0 saturated heterocycles. The molecule has 20 heavy (non-hydrogen) atoms. The van der Waals surface area contributed by atoms with Gasteiger partial charge < -0.3 is 9.47 Å². The second-order valence-electron chi connectivity index (χ2n) is 4.74. The average Bonchev–Trinajstić information content (AvgIpc) is 2.78. The Morgan fingerprint density at radius 1 is 1.35 bits per heavy atom. The number of carbonyl (C=O) groups excluding carboxylic acids is 3. The minimum Gasteiger partial charge on any atom is -0.468 e. The summed E-state index contributed by atoms with van der Waals surface area (Å²) in [6.45, 7) is 3.36. The molecule has 0 aromatic rings. The molecule has 1 saturated carbocycles. The zero-order valence-electron chi connectivity index (χ0n) is 12.1. The van der Waals surface area contributed by atoms with E-state index in [2.05, 4.69) is 16.6 Å². The molecule has 0 bridgehead atoms. The summed E-state index contributed by atoms with van der Waals surface area (Å²) in [5.41, 5.74) is 0. The van der Waals surface area contributed by atoms with E-state index in [0.717, 1.165) is 6.42 Å². The van der Waals surface area contributed by atoms with Gasteiger partial charge in [-0.15, -0.1) is 11.8 Å². The van der Waals surface area contributed by atoms with Crippen LogP contribution < -0.4 is 0 Å². The molecule has 0 aromatic heterocycles. The zero-order chi connectivity index (χ0) is 15.1. The molecule has 0 spiro atoms. The number of rotatable bonds is 4. The van der Waals surface area contributed by atoms with E-state index >= 15 is 0 Å². The largest absolute Gasteiger partial charge is 0.468 e. The van der Waals surface area contributed by atoms with Crippen LogP contribution in [0.3, 0.4) is 0 Å². The lowest BCUT2D eigenvalue weighted by molar-refractivity contribution is -0.164. The van der Waals surface area contributed by atoms with Crippen LogP contribution in [-0.4, -0.2) is 30.9 Å². The molecule has 0 aromatic carbocycles. The number of carbonyl (C=O) groups is 3. The lowest BCUT2D eigenvalue weighted by atomic mass is 10.0. The van der Waals surface area contributed by atoms with Crippen molar-refractivity contribution in [3.63, 3.8) is 0 Å². The molecule has 5 nitrogen and oxygen atoms in total. The monoisotopic (exact) mass is 280 g/mol. The Balaban J connectivity index is 2.63. The van der Waals surface area contributed by atoms with Crippen LogP contribution in [0.15, 0.2) is 0 Å². The minimum absolute atomic E-state index is 0.0684. The topological polar surface area (TPSA) is 69.7 Å². The number of esters is 2. The molecule has 5 heteroatoms. The predicted molar refractivity (Wildman–Crippen MR) is 71.5 cm³/mol. The summed E-state index contributed by atoms with van der Waals surface area (Å²) in [5, 5.41) is 0. The summed E-state index contributed by atoms with van der Waals surface area (Å²) in [6, 6.07) is 0.